The first-order chi connectivity index (χ1) is 13.7. The summed E-state index contributed by atoms with van der Waals surface area (Å²) in [6, 6.07) is 13.4. The molecule has 1 fully saturated rings. The summed E-state index contributed by atoms with van der Waals surface area (Å²) in [7, 11) is -3.75. The van der Waals surface area contributed by atoms with Crippen LogP contribution in [0.15, 0.2) is 53.4 Å². The molecule has 9 heteroatoms. The number of urea groups is 1. The molecule has 2 aromatic carbocycles. The zero-order chi connectivity index (χ0) is 21.0. The average Bonchev–Trinajstić information content (AvgIpc) is 2.68. The van der Waals surface area contributed by atoms with Gasteiger partial charge < -0.3 is 15.1 Å². The second-order valence-electron chi connectivity index (χ2n) is 7.03. The molecule has 0 radical (unpaired) electrons. The molecular weight excluding hydrogens is 392 g/mol. The third-order valence-corrected chi connectivity index (χ3v) is 5.73. The first-order valence-electron chi connectivity index (χ1n) is 9.24. The Balaban J connectivity index is 1.51. The van der Waals surface area contributed by atoms with Gasteiger partial charge in [0, 0.05) is 31.9 Å². The van der Waals surface area contributed by atoms with Crippen molar-refractivity contribution in [1.29, 1.82) is 0 Å². The summed E-state index contributed by atoms with van der Waals surface area (Å²) in [6.45, 7) is 3.77. The molecule has 0 spiro atoms. The highest BCUT2D eigenvalue weighted by Gasteiger charge is 2.24. The summed E-state index contributed by atoms with van der Waals surface area (Å²) in [5.74, 6) is -0.0629. The van der Waals surface area contributed by atoms with Gasteiger partial charge in [-0.15, -0.1) is 0 Å². The fraction of sp³-hybridized carbons (Fsp3) is 0.300. The van der Waals surface area contributed by atoms with Crippen LogP contribution in [-0.4, -0.2) is 56.3 Å². The highest BCUT2D eigenvalue weighted by molar-refractivity contribution is 7.89. The van der Waals surface area contributed by atoms with Crippen LogP contribution >= 0.6 is 0 Å². The largest absolute Gasteiger partial charge is 0.339 e. The van der Waals surface area contributed by atoms with Crippen molar-refractivity contribution in [3.05, 3.63) is 59.7 Å². The van der Waals surface area contributed by atoms with Crippen molar-refractivity contribution >= 4 is 27.6 Å². The molecule has 8 nitrogen and oxygen atoms in total. The number of piperazine rings is 1. The number of primary sulfonamides is 1. The number of hydrogen-bond acceptors (Lipinski definition) is 4. The van der Waals surface area contributed by atoms with Gasteiger partial charge in [0.05, 0.1) is 11.3 Å². The number of hydrogen-bond donors (Lipinski definition) is 2. The maximum absolute atomic E-state index is 12.5. The number of rotatable bonds is 4. The number of nitrogens with one attached hydrogen (secondary N) is 1. The Morgan fingerprint density at radius 1 is 1.00 bits per heavy atom. The van der Waals surface area contributed by atoms with Crippen molar-refractivity contribution in [3.63, 3.8) is 0 Å². The molecule has 3 rings (SSSR count). The van der Waals surface area contributed by atoms with Gasteiger partial charge in [0.25, 0.3) is 0 Å². The van der Waals surface area contributed by atoms with Gasteiger partial charge in [-0.3, -0.25) is 4.79 Å². The van der Waals surface area contributed by atoms with Crippen LogP contribution < -0.4 is 10.5 Å². The van der Waals surface area contributed by atoms with Crippen LogP contribution in [0.3, 0.4) is 0 Å². The van der Waals surface area contributed by atoms with Gasteiger partial charge in [-0.2, -0.15) is 0 Å². The second kappa shape index (κ2) is 8.62. The van der Waals surface area contributed by atoms with E-state index < -0.39 is 10.0 Å². The molecule has 0 aromatic heterocycles. The number of sulfonamides is 1. The summed E-state index contributed by atoms with van der Waals surface area (Å²) >= 11 is 0. The molecule has 1 aliphatic heterocycles. The van der Waals surface area contributed by atoms with Crippen LogP contribution in [0.4, 0.5) is 10.5 Å². The molecule has 1 aliphatic rings. The van der Waals surface area contributed by atoms with Gasteiger partial charge in [0.1, 0.15) is 0 Å². The summed E-state index contributed by atoms with van der Waals surface area (Å²) in [6.07, 6.45) is 0.167. The number of carbonyl (C=O) groups is 2. The van der Waals surface area contributed by atoms with E-state index in [1.807, 2.05) is 31.2 Å². The quantitative estimate of drug-likeness (QED) is 0.787. The van der Waals surface area contributed by atoms with Crippen LogP contribution in [0, 0.1) is 6.92 Å². The third kappa shape index (κ3) is 5.55. The molecule has 0 saturated carbocycles. The van der Waals surface area contributed by atoms with Crippen molar-refractivity contribution in [1.82, 2.24) is 9.80 Å². The summed E-state index contributed by atoms with van der Waals surface area (Å²) in [5, 5.41) is 7.96. The van der Waals surface area contributed by atoms with E-state index in [1.54, 1.807) is 21.9 Å². The van der Waals surface area contributed by atoms with Gasteiger partial charge in [-0.1, -0.05) is 24.3 Å². The zero-order valence-electron chi connectivity index (χ0n) is 16.2. The topological polar surface area (TPSA) is 113 Å². The molecule has 154 valence electrons. The van der Waals surface area contributed by atoms with E-state index in [9.17, 15) is 18.0 Å². The number of amides is 3. The lowest BCUT2D eigenvalue weighted by Gasteiger charge is -2.34. The summed E-state index contributed by atoms with van der Waals surface area (Å²) < 4.78 is 22.6. The van der Waals surface area contributed by atoms with E-state index >= 15 is 0 Å². The standard InChI is InChI=1S/C20H24N4O4S/c1-15-3-2-4-17(13-15)22-20(26)24-11-9-23(10-12-24)19(25)14-16-5-7-18(8-6-16)29(21,27)28/h2-8,13H,9-12,14H2,1H3,(H,22,26)(H2,21,27,28). The Morgan fingerprint density at radius 3 is 2.21 bits per heavy atom. The summed E-state index contributed by atoms with van der Waals surface area (Å²) in [5.41, 5.74) is 2.52. The fourth-order valence-electron chi connectivity index (χ4n) is 3.17. The molecule has 3 N–H and O–H groups in total. The molecule has 0 bridgehead atoms. The molecule has 0 unspecified atom stereocenters. The number of benzene rings is 2. The third-order valence-electron chi connectivity index (χ3n) is 4.80. The zero-order valence-corrected chi connectivity index (χ0v) is 17.0. The molecule has 3 amide bonds. The van der Waals surface area contributed by atoms with Gasteiger partial charge in [-0.25, -0.2) is 18.4 Å². The lowest BCUT2D eigenvalue weighted by atomic mass is 10.1. The van der Waals surface area contributed by atoms with Gasteiger partial charge in [0.15, 0.2) is 0 Å². The molecule has 2 aromatic rings. The monoisotopic (exact) mass is 416 g/mol. The Labute approximate surface area is 170 Å². The van der Waals surface area contributed by atoms with Crippen molar-refractivity contribution in [2.24, 2.45) is 5.14 Å². The average molecular weight is 417 g/mol. The van der Waals surface area contributed by atoms with Crippen LogP contribution in [0.25, 0.3) is 0 Å². The smallest absolute Gasteiger partial charge is 0.321 e. The van der Waals surface area contributed by atoms with Gasteiger partial charge >= 0.3 is 6.03 Å². The van der Waals surface area contributed by atoms with E-state index in [1.165, 1.54) is 12.1 Å². The van der Waals surface area contributed by atoms with Gasteiger partial charge in [-0.05, 0) is 42.3 Å². The molecule has 0 atom stereocenters. The van der Waals surface area contributed by atoms with Gasteiger partial charge in [0.2, 0.25) is 15.9 Å². The highest BCUT2D eigenvalue weighted by atomic mass is 32.2. The highest BCUT2D eigenvalue weighted by Crippen LogP contribution is 2.13. The molecule has 1 heterocycles. The maximum atomic E-state index is 12.5. The first kappa shape index (κ1) is 20.8. The number of carbonyl (C=O) groups excluding carboxylic acids is 2. The Morgan fingerprint density at radius 2 is 1.62 bits per heavy atom. The van der Waals surface area contributed by atoms with Crippen molar-refractivity contribution in [2.45, 2.75) is 18.2 Å². The fourth-order valence-corrected chi connectivity index (χ4v) is 3.68. The molecule has 29 heavy (non-hydrogen) atoms. The first-order valence-corrected chi connectivity index (χ1v) is 10.8. The molecule has 1 saturated heterocycles. The van der Waals surface area contributed by atoms with Crippen LogP contribution in [0.5, 0.6) is 0 Å². The Kier molecular flexibility index (Phi) is 6.19. The number of nitrogens with two attached hydrogens (primary N) is 1. The van der Waals surface area contributed by atoms with Crippen LogP contribution in [-0.2, 0) is 21.2 Å². The van der Waals surface area contributed by atoms with Crippen molar-refractivity contribution in [3.8, 4) is 0 Å². The predicted octanol–water partition coefficient (Wildman–Crippen LogP) is 1.56. The van der Waals surface area contributed by atoms with E-state index in [2.05, 4.69) is 5.32 Å². The minimum absolute atomic E-state index is 0.0157. The van der Waals surface area contributed by atoms with Crippen LogP contribution in [0.2, 0.25) is 0 Å². The Hall–Kier alpha value is -2.91. The van der Waals surface area contributed by atoms with E-state index in [4.69, 9.17) is 5.14 Å². The SMILES string of the molecule is Cc1cccc(NC(=O)N2CCN(C(=O)Cc3ccc(S(N)(=O)=O)cc3)CC2)c1. The number of aryl methyl sites for hydroxylation is 1. The summed E-state index contributed by atoms with van der Waals surface area (Å²) in [4.78, 5) is 28.3. The van der Waals surface area contributed by atoms with Crippen LogP contribution in [0.1, 0.15) is 11.1 Å². The van der Waals surface area contributed by atoms with Crippen molar-refractivity contribution < 1.29 is 18.0 Å². The molecule has 0 aliphatic carbocycles. The number of nitrogens with zero attached hydrogens (tertiary/aromatic N) is 2. The molecular formula is C20H24N4O4S. The lowest BCUT2D eigenvalue weighted by molar-refractivity contribution is -0.131. The number of anilines is 1. The Bertz CT molecular complexity index is 997. The minimum atomic E-state index is -3.75. The maximum Gasteiger partial charge on any atom is 0.321 e. The predicted molar refractivity (Wildman–Crippen MR) is 110 cm³/mol. The van der Waals surface area contributed by atoms with E-state index in [0.717, 1.165) is 11.3 Å². The van der Waals surface area contributed by atoms with E-state index in [0.29, 0.717) is 31.7 Å². The lowest BCUT2D eigenvalue weighted by Crippen LogP contribution is -2.52. The second-order valence-corrected chi connectivity index (χ2v) is 8.59. The van der Waals surface area contributed by atoms with Crippen molar-refractivity contribution in [2.75, 3.05) is 31.5 Å². The minimum Gasteiger partial charge on any atom is -0.339 e. The normalized spacial score (nSPS) is 14.6. The van der Waals surface area contributed by atoms with E-state index in [-0.39, 0.29) is 23.3 Å².